The quantitative estimate of drug-likeness (QED) is 0.694. The van der Waals surface area contributed by atoms with Gasteiger partial charge in [0.2, 0.25) is 0 Å². The second kappa shape index (κ2) is 6.90. The maximum absolute atomic E-state index is 12.0. The van der Waals surface area contributed by atoms with E-state index in [0.717, 1.165) is 11.3 Å². The topological polar surface area (TPSA) is 50.7 Å². The van der Waals surface area contributed by atoms with Crippen molar-refractivity contribution in [3.63, 3.8) is 0 Å². The Labute approximate surface area is 128 Å². The number of hydrazone groups is 1. The zero-order valence-corrected chi connectivity index (χ0v) is 12.5. The van der Waals surface area contributed by atoms with Crippen molar-refractivity contribution in [1.29, 1.82) is 0 Å². The molecule has 0 saturated carbocycles. The Bertz CT molecular complexity index is 666. The van der Waals surface area contributed by atoms with Gasteiger partial charge in [0.1, 0.15) is 5.75 Å². The molecular formula is C16H15ClN2O2. The van der Waals surface area contributed by atoms with E-state index in [1.165, 1.54) is 0 Å². The summed E-state index contributed by atoms with van der Waals surface area (Å²) in [6.45, 7) is 1.81. The Morgan fingerprint density at radius 1 is 1.14 bits per heavy atom. The lowest BCUT2D eigenvalue weighted by atomic mass is 10.1. The predicted octanol–water partition coefficient (Wildman–Crippen LogP) is 3.50. The van der Waals surface area contributed by atoms with E-state index in [0.29, 0.717) is 16.3 Å². The third-order valence-corrected chi connectivity index (χ3v) is 3.28. The highest BCUT2D eigenvalue weighted by Crippen LogP contribution is 2.15. The zero-order valence-electron chi connectivity index (χ0n) is 11.8. The smallest absolute Gasteiger partial charge is 0.272 e. The molecule has 0 unspecified atom stereocenters. The second-order valence-corrected chi connectivity index (χ2v) is 4.75. The number of halogens is 1. The molecule has 0 aliphatic carbocycles. The van der Waals surface area contributed by atoms with E-state index in [4.69, 9.17) is 16.3 Å². The van der Waals surface area contributed by atoms with Gasteiger partial charge in [-0.15, -0.1) is 0 Å². The number of carbonyl (C=O) groups is 1. The molecule has 0 aliphatic heterocycles. The predicted molar refractivity (Wildman–Crippen MR) is 84.1 cm³/mol. The zero-order chi connectivity index (χ0) is 15.2. The van der Waals surface area contributed by atoms with Crippen molar-refractivity contribution in [1.82, 2.24) is 5.43 Å². The van der Waals surface area contributed by atoms with Crippen LogP contribution in [0.25, 0.3) is 0 Å². The standard InChI is InChI=1S/C16H15ClN2O2/c1-11(12-7-9-13(21-2)10-8-12)18-19-16(20)14-5-3-4-6-15(14)17/h3-10H,1-2H3,(H,19,20). The highest BCUT2D eigenvalue weighted by molar-refractivity contribution is 6.33. The minimum absolute atomic E-state index is 0.339. The number of ether oxygens (including phenoxy) is 1. The number of nitrogens with one attached hydrogen (secondary N) is 1. The number of carbonyl (C=O) groups excluding carboxylic acids is 1. The van der Waals surface area contributed by atoms with Crippen LogP contribution in [0.1, 0.15) is 22.8 Å². The van der Waals surface area contributed by atoms with Gasteiger partial charge in [0.15, 0.2) is 0 Å². The molecule has 0 spiro atoms. The summed E-state index contributed by atoms with van der Waals surface area (Å²) in [5, 5.41) is 4.48. The molecule has 0 radical (unpaired) electrons. The van der Waals surface area contributed by atoms with Crippen molar-refractivity contribution in [2.75, 3.05) is 7.11 Å². The molecule has 0 saturated heterocycles. The Kier molecular flexibility index (Phi) is 4.95. The van der Waals surface area contributed by atoms with Crippen LogP contribution in [-0.4, -0.2) is 18.7 Å². The maximum atomic E-state index is 12.0. The minimum Gasteiger partial charge on any atom is -0.497 e. The Hall–Kier alpha value is -2.33. The van der Waals surface area contributed by atoms with Crippen molar-refractivity contribution in [2.24, 2.45) is 5.10 Å². The van der Waals surface area contributed by atoms with E-state index < -0.39 is 0 Å². The summed E-state index contributed by atoms with van der Waals surface area (Å²) in [5.41, 5.74) is 4.48. The van der Waals surface area contributed by atoms with Gasteiger partial charge in [0, 0.05) is 0 Å². The van der Waals surface area contributed by atoms with Crippen LogP contribution in [0.5, 0.6) is 5.75 Å². The normalized spacial score (nSPS) is 11.1. The number of nitrogens with zero attached hydrogens (tertiary/aromatic N) is 1. The molecule has 108 valence electrons. The van der Waals surface area contributed by atoms with Crippen LogP contribution in [0, 0.1) is 0 Å². The number of rotatable bonds is 4. The molecule has 0 atom stereocenters. The number of hydrogen-bond acceptors (Lipinski definition) is 3. The van der Waals surface area contributed by atoms with Gasteiger partial charge in [-0.3, -0.25) is 4.79 Å². The molecule has 0 fully saturated rings. The first-order valence-electron chi connectivity index (χ1n) is 6.35. The molecule has 21 heavy (non-hydrogen) atoms. The fourth-order valence-corrected chi connectivity index (χ4v) is 1.96. The molecule has 0 aliphatic rings. The summed E-state index contributed by atoms with van der Waals surface area (Å²) >= 11 is 5.96. The highest BCUT2D eigenvalue weighted by Gasteiger charge is 2.08. The Balaban J connectivity index is 2.09. The lowest BCUT2D eigenvalue weighted by Crippen LogP contribution is -2.19. The molecule has 2 aromatic rings. The Morgan fingerprint density at radius 3 is 2.43 bits per heavy atom. The fourth-order valence-electron chi connectivity index (χ4n) is 1.74. The van der Waals surface area contributed by atoms with Gasteiger partial charge in [-0.05, 0) is 48.9 Å². The molecule has 5 heteroatoms. The first-order valence-corrected chi connectivity index (χ1v) is 6.73. The average molecular weight is 303 g/mol. The van der Waals surface area contributed by atoms with Gasteiger partial charge in [-0.1, -0.05) is 23.7 Å². The lowest BCUT2D eigenvalue weighted by Gasteiger charge is -2.05. The molecule has 1 amide bonds. The van der Waals surface area contributed by atoms with Crippen LogP contribution < -0.4 is 10.2 Å². The van der Waals surface area contributed by atoms with E-state index in [2.05, 4.69) is 10.5 Å². The van der Waals surface area contributed by atoms with Crippen molar-refractivity contribution >= 4 is 23.2 Å². The SMILES string of the molecule is COc1ccc(C(C)=NNC(=O)c2ccccc2Cl)cc1. The lowest BCUT2D eigenvalue weighted by molar-refractivity contribution is 0.0955. The second-order valence-electron chi connectivity index (χ2n) is 4.35. The molecular weight excluding hydrogens is 288 g/mol. The first kappa shape index (κ1) is 15.1. The molecule has 0 bridgehead atoms. The first-order chi connectivity index (χ1) is 10.1. The van der Waals surface area contributed by atoms with Gasteiger partial charge in [0.25, 0.3) is 5.91 Å². The highest BCUT2D eigenvalue weighted by atomic mass is 35.5. The maximum Gasteiger partial charge on any atom is 0.272 e. The van der Waals surface area contributed by atoms with E-state index in [-0.39, 0.29) is 5.91 Å². The molecule has 2 aromatic carbocycles. The van der Waals surface area contributed by atoms with Crippen LogP contribution in [0.3, 0.4) is 0 Å². The van der Waals surface area contributed by atoms with Crippen LogP contribution >= 0.6 is 11.6 Å². The van der Waals surface area contributed by atoms with E-state index >= 15 is 0 Å². The summed E-state index contributed by atoms with van der Waals surface area (Å²) in [4.78, 5) is 12.0. The fraction of sp³-hybridized carbons (Fsp3) is 0.125. The molecule has 4 nitrogen and oxygen atoms in total. The summed E-state index contributed by atoms with van der Waals surface area (Å²) in [6.07, 6.45) is 0. The molecule has 0 heterocycles. The van der Waals surface area contributed by atoms with Crippen LogP contribution in [0.15, 0.2) is 53.6 Å². The summed E-state index contributed by atoms with van der Waals surface area (Å²) < 4.78 is 5.09. The number of hydrogen-bond donors (Lipinski definition) is 1. The number of methoxy groups -OCH3 is 1. The third kappa shape index (κ3) is 3.83. The van der Waals surface area contributed by atoms with Crippen LogP contribution in [0.2, 0.25) is 5.02 Å². The molecule has 0 aromatic heterocycles. The summed E-state index contributed by atoms with van der Waals surface area (Å²) in [6, 6.07) is 14.3. The van der Waals surface area contributed by atoms with E-state index in [1.54, 1.807) is 31.4 Å². The Morgan fingerprint density at radius 2 is 1.81 bits per heavy atom. The van der Waals surface area contributed by atoms with E-state index in [1.807, 2.05) is 31.2 Å². The van der Waals surface area contributed by atoms with Gasteiger partial charge in [0.05, 0.1) is 23.4 Å². The van der Waals surface area contributed by atoms with Crippen molar-refractivity contribution in [2.45, 2.75) is 6.92 Å². The minimum atomic E-state index is -0.339. The summed E-state index contributed by atoms with van der Waals surface area (Å²) in [5.74, 6) is 0.431. The van der Waals surface area contributed by atoms with Crippen LogP contribution in [-0.2, 0) is 0 Å². The van der Waals surface area contributed by atoms with Gasteiger partial charge < -0.3 is 4.74 Å². The van der Waals surface area contributed by atoms with Crippen LogP contribution in [0.4, 0.5) is 0 Å². The van der Waals surface area contributed by atoms with Crippen molar-refractivity contribution < 1.29 is 9.53 Å². The van der Waals surface area contributed by atoms with Crippen molar-refractivity contribution in [3.8, 4) is 5.75 Å². The van der Waals surface area contributed by atoms with Gasteiger partial charge in [-0.2, -0.15) is 5.10 Å². The molecule has 1 N–H and O–H groups in total. The molecule has 2 rings (SSSR count). The van der Waals surface area contributed by atoms with Crippen molar-refractivity contribution in [3.05, 3.63) is 64.7 Å². The third-order valence-electron chi connectivity index (χ3n) is 2.95. The monoisotopic (exact) mass is 302 g/mol. The van der Waals surface area contributed by atoms with Gasteiger partial charge >= 0.3 is 0 Å². The van der Waals surface area contributed by atoms with E-state index in [9.17, 15) is 4.79 Å². The largest absolute Gasteiger partial charge is 0.497 e. The summed E-state index contributed by atoms with van der Waals surface area (Å²) in [7, 11) is 1.61. The van der Waals surface area contributed by atoms with Gasteiger partial charge in [-0.25, -0.2) is 5.43 Å². The number of amides is 1. The number of benzene rings is 2. The average Bonchev–Trinajstić information content (AvgIpc) is 2.52.